The van der Waals surface area contributed by atoms with Crippen LogP contribution < -0.4 is 4.90 Å². The zero-order valence-corrected chi connectivity index (χ0v) is 13.6. The van der Waals surface area contributed by atoms with Gasteiger partial charge in [0.05, 0.1) is 17.6 Å². The van der Waals surface area contributed by atoms with Crippen LogP contribution in [0.15, 0.2) is 24.3 Å². The Morgan fingerprint density at radius 1 is 1.22 bits per heavy atom. The van der Waals surface area contributed by atoms with Crippen LogP contribution in [0, 0.1) is 10.1 Å². The van der Waals surface area contributed by atoms with E-state index in [1.54, 1.807) is 12.1 Å². The first-order valence-electron chi connectivity index (χ1n) is 8.14. The van der Waals surface area contributed by atoms with Gasteiger partial charge in [0, 0.05) is 51.9 Å². The Morgan fingerprint density at radius 3 is 2.70 bits per heavy atom. The summed E-state index contributed by atoms with van der Waals surface area (Å²) in [6.45, 7) is 7.20. The minimum Gasteiger partial charge on any atom is -0.373 e. The van der Waals surface area contributed by atoms with Gasteiger partial charge in [-0.2, -0.15) is 0 Å². The number of anilines is 1. The third-order valence-corrected chi connectivity index (χ3v) is 4.62. The van der Waals surface area contributed by atoms with Crippen LogP contribution in [0.2, 0.25) is 0 Å². The minimum absolute atomic E-state index is 0.104. The summed E-state index contributed by atoms with van der Waals surface area (Å²) in [5.41, 5.74) is 0.872. The molecule has 2 heterocycles. The van der Waals surface area contributed by atoms with Crippen molar-refractivity contribution in [1.29, 1.82) is 0 Å². The molecule has 1 aromatic carbocycles. The Morgan fingerprint density at radius 2 is 1.96 bits per heavy atom. The monoisotopic (exact) mass is 320 g/mol. The maximum Gasteiger partial charge on any atom is 0.292 e. The summed E-state index contributed by atoms with van der Waals surface area (Å²) in [6, 6.07) is 6.97. The van der Waals surface area contributed by atoms with Crippen LogP contribution in [0.4, 0.5) is 11.4 Å². The van der Waals surface area contributed by atoms with Gasteiger partial charge in [0.2, 0.25) is 0 Å². The van der Waals surface area contributed by atoms with Crippen LogP contribution in [0.3, 0.4) is 0 Å². The molecule has 0 N–H and O–H groups in total. The number of morpholine rings is 1. The smallest absolute Gasteiger partial charge is 0.292 e. The summed E-state index contributed by atoms with van der Waals surface area (Å²) in [4.78, 5) is 17.8. The topological polar surface area (TPSA) is 62.1 Å². The molecule has 7 nitrogen and oxygen atoms in total. The predicted molar refractivity (Wildman–Crippen MR) is 89.0 cm³/mol. The van der Waals surface area contributed by atoms with E-state index in [4.69, 9.17) is 4.74 Å². The number of nitro benzene ring substituents is 1. The van der Waals surface area contributed by atoms with Gasteiger partial charge in [0.1, 0.15) is 5.69 Å². The van der Waals surface area contributed by atoms with E-state index in [0.717, 1.165) is 32.7 Å². The van der Waals surface area contributed by atoms with E-state index in [9.17, 15) is 10.1 Å². The summed E-state index contributed by atoms with van der Waals surface area (Å²) in [5.74, 6) is 0. The van der Waals surface area contributed by atoms with Crippen LogP contribution >= 0.6 is 0 Å². The Bertz CT molecular complexity index is 546. The maximum absolute atomic E-state index is 11.2. The fourth-order valence-electron chi connectivity index (χ4n) is 3.25. The molecular weight excluding hydrogens is 296 g/mol. The quantitative estimate of drug-likeness (QED) is 0.610. The van der Waals surface area contributed by atoms with E-state index in [2.05, 4.69) is 21.7 Å². The third kappa shape index (κ3) is 3.99. The van der Waals surface area contributed by atoms with Crippen molar-refractivity contribution in [2.24, 2.45) is 0 Å². The van der Waals surface area contributed by atoms with Crippen LogP contribution in [0.5, 0.6) is 0 Å². The second kappa shape index (κ2) is 7.25. The largest absolute Gasteiger partial charge is 0.373 e. The molecule has 0 amide bonds. The second-order valence-corrected chi connectivity index (χ2v) is 6.29. The first-order chi connectivity index (χ1) is 11.1. The Kier molecular flexibility index (Phi) is 5.09. The number of piperazine rings is 1. The van der Waals surface area contributed by atoms with Crippen molar-refractivity contribution in [1.82, 2.24) is 9.80 Å². The van der Waals surface area contributed by atoms with Gasteiger partial charge < -0.3 is 14.5 Å². The molecule has 23 heavy (non-hydrogen) atoms. The highest BCUT2D eigenvalue weighted by molar-refractivity contribution is 5.63. The van der Waals surface area contributed by atoms with Crippen molar-refractivity contribution in [2.45, 2.75) is 6.10 Å². The van der Waals surface area contributed by atoms with Gasteiger partial charge in [-0.3, -0.25) is 15.0 Å². The number of ether oxygens (including phenoxy) is 1. The summed E-state index contributed by atoms with van der Waals surface area (Å²) in [7, 11) is 2.14. The van der Waals surface area contributed by atoms with Crippen LogP contribution in [0.25, 0.3) is 0 Å². The molecule has 0 bridgehead atoms. The van der Waals surface area contributed by atoms with Gasteiger partial charge in [0.15, 0.2) is 0 Å². The fraction of sp³-hybridized carbons (Fsp3) is 0.625. The Hall–Kier alpha value is -1.70. The van der Waals surface area contributed by atoms with E-state index in [1.165, 1.54) is 0 Å². The third-order valence-electron chi connectivity index (χ3n) is 4.62. The van der Waals surface area contributed by atoms with Crippen molar-refractivity contribution in [2.75, 3.05) is 64.4 Å². The number of hydrogen-bond acceptors (Lipinski definition) is 6. The Balaban J connectivity index is 1.63. The number of rotatable bonds is 4. The zero-order chi connectivity index (χ0) is 16.2. The molecule has 2 saturated heterocycles. The number of nitrogens with zero attached hydrogens (tertiary/aromatic N) is 4. The highest BCUT2D eigenvalue weighted by atomic mass is 16.6. The molecule has 126 valence electrons. The van der Waals surface area contributed by atoms with Crippen molar-refractivity contribution in [3.63, 3.8) is 0 Å². The summed E-state index contributed by atoms with van der Waals surface area (Å²) < 4.78 is 5.89. The number of hydrogen-bond donors (Lipinski definition) is 0. The van der Waals surface area contributed by atoms with Crippen LogP contribution in [0.1, 0.15) is 0 Å². The molecule has 0 saturated carbocycles. The lowest BCUT2D eigenvalue weighted by Gasteiger charge is -2.39. The first-order valence-corrected chi connectivity index (χ1v) is 8.14. The average Bonchev–Trinajstić information content (AvgIpc) is 2.57. The van der Waals surface area contributed by atoms with Gasteiger partial charge in [-0.25, -0.2) is 0 Å². The molecule has 2 fully saturated rings. The van der Waals surface area contributed by atoms with E-state index >= 15 is 0 Å². The number of nitro groups is 1. The molecule has 2 aliphatic heterocycles. The second-order valence-electron chi connectivity index (χ2n) is 6.29. The molecule has 0 aliphatic carbocycles. The van der Waals surface area contributed by atoms with E-state index in [1.807, 2.05) is 12.1 Å². The number of benzene rings is 1. The van der Waals surface area contributed by atoms with Gasteiger partial charge in [-0.1, -0.05) is 12.1 Å². The average molecular weight is 320 g/mol. The van der Waals surface area contributed by atoms with Gasteiger partial charge in [0.25, 0.3) is 5.69 Å². The number of para-hydroxylation sites is 2. The minimum atomic E-state index is -0.305. The summed E-state index contributed by atoms with van der Waals surface area (Å²) in [5, 5.41) is 11.2. The van der Waals surface area contributed by atoms with E-state index in [0.29, 0.717) is 25.4 Å². The lowest BCUT2D eigenvalue weighted by molar-refractivity contribution is -0.384. The molecular formula is C16H24N4O3. The zero-order valence-electron chi connectivity index (χ0n) is 13.6. The van der Waals surface area contributed by atoms with Crippen molar-refractivity contribution in [3.8, 4) is 0 Å². The SMILES string of the molecule is CN1CCN(C[C@@H]2CN(c3ccccc3[N+](=O)[O-])CCO2)CC1. The highest BCUT2D eigenvalue weighted by Crippen LogP contribution is 2.29. The normalized spacial score (nSPS) is 23.9. The number of likely N-dealkylation sites (N-methyl/N-ethyl adjacent to an activating group) is 1. The molecule has 0 spiro atoms. The standard InChI is InChI=1S/C16H24N4O3/c1-17-6-8-18(9-7-17)12-14-13-19(10-11-23-14)15-4-2-3-5-16(15)20(21)22/h2-5,14H,6-13H2,1H3/t14-/m1/s1. The summed E-state index contributed by atoms with van der Waals surface area (Å²) >= 11 is 0. The lowest BCUT2D eigenvalue weighted by Crippen LogP contribution is -2.52. The molecule has 0 radical (unpaired) electrons. The lowest BCUT2D eigenvalue weighted by atomic mass is 10.2. The van der Waals surface area contributed by atoms with Gasteiger partial charge in [-0.05, 0) is 13.1 Å². The Labute approximate surface area is 136 Å². The molecule has 2 aliphatic rings. The van der Waals surface area contributed by atoms with E-state index < -0.39 is 0 Å². The molecule has 1 aromatic rings. The fourth-order valence-corrected chi connectivity index (χ4v) is 3.25. The molecule has 0 aromatic heterocycles. The van der Waals surface area contributed by atoms with Crippen LogP contribution in [-0.2, 0) is 4.74 Å². The maximum atomic E-state index is 11.2. The van der Waals surface area contributed by atoms with E-state index in [-0.39, 0.29) is 16.7 Å². The highest BCUT2D eigenvalue weighted by Gasteiger charge is 2.27. The summed E-state index contributed by atoms with van der Waals surface area (Å²) in [6.07, 6.45) is 0.104. The molecule has 0 unspecified atom stereocenters. The molecule has 7 heteroatoms. The van der Waals surface area contributed by atoms with Crippen molar-refractivity contribution in [3.05, 3.63) is 34.4 Å². The van der Waals surface area contributed by atoms with Crippen molar-refractivity contribution >= 4 is 11.4 Å². The van der Waals surface area contributed by atoms with Crippen LogP contribution in [-0.4, -0.2) is 80.3 Å². The first kappa shape index (κ1) is 16.2. The van der Waals surface area contributed by atoms with Gasteiger partial charge in [-0.15, -0.1) is 0 Å². The molecule has 3 rings (SSSR count). The van der Waals surface area contributed by atoms with Gasteiger partial charge >= 0.3 is 0 Å². The predicted octanol–water partition coefficient (Wildman–Crippen LogP) is 1.05. The molecule has 1 atom stereocenters. The van der Waals surface area contributed by atoms with Crippen molar-refractivity contribution < 1.29 is 9.66 Å².